The summed E-state index contributed by atoms with van der Waals surface area (Å²) in [7, 11) is 0. The fraction of sp³-hybridized carbons (Fsp3) is 0.353. The predicted octanol–water partition coefficient (Wildman–Crippen LogP) is 3.34. The summed E-state index contributed by atoms with van der Waals surface area (Å²) in [4.78, 5) is 14.9. The second-order valence-electron chi connectivity index (χ2n) is 5.76. The number of urea groups is 1. The fourth-order valence-electron chi connectivity index (χ4n) is 2.75. The molecule has 7 heteroatoms. The molecule has 0 saturated carbocycles. The highest BCUT2D eigenvalue weighted by Crippen LogP contribution is 2.25. The number of aliphatic hydroxyl groups excluding tert-OH is 1. The Labute approximate surface area is 144 Å². The van der Waals surface area contributed by atoms with Crippen molar-refractivity contribution >= 4 is 28.7 Å². The number of carbonyl (C=O) groups is 1. The maximum Gasteiger partial charge on any atom is 0.319 e. The molecule has 2 aromatic rings. The summed E-state index contributed by atoms with van der Waals surface area (Å²) < 4.78 is 13.8. The number of hydrogen-bond acceptors (Lipinski definition) is 4. The van der Waals surface area contributed by atoms with Gasteiger partial charge in [-0.3, -0.25) is 0 Å². The van der Waals surface area contributed by atoms with Gasteiger partial charge in [0.25, 0.3) is 0 Å². The lowest BCUT2D eigenvalue weighted by Crippen LogP contribution is -2.32. The van der Waals surface area contributed by atoms with Crippen LogP contribution in [0.1, 0.15) is 23.8 Å². The van der Waals surface area contributed by atoms with Gasteiger partial charge in [0, 0.05) is 29.3 Å². The highest BCUT2D eigenvalue weighted by Gasteiger charge is 2.15. The third-order valence-corrected chi connectivity index (χ3v) is 4.91. The SMILES string of the molecule is O=C(NC[C@@H](O)c1cccs1)Nc1cc(F)cc(N2CCCC2)c1. The van der Waals surface area contributed by atoms with Gasteiger partial charge in [0.05, 0.1) is 6.54 Å². The molecule has 2 amide bonds. The number of halogens is 1. The van der Waals surface area contributed by atoms with E-state index < -0.39 is 12.1 Å². The van der Waals surface area contributed by atoms with E-state index in [-0.39, 0.29) is 12.4 Å². The monoisotopic (exact) mass is 349 g/mol. The molecule has 1 fully saturated rings. The molecule has 1 aliphatic heterocycles. The van der Waals surface area contributed by atoms with E-state index in [1.54, 1.807) is 6.07 Å². The summed E-state index contributed by atoms with van der Waals surface area (Å²) in [6, 6.07) is 7.72. The van der Waals surface area contributed by atoms with Crippen molar-refractivity contribution in [3.63, 3.8) is 0 Å². The van der Waals surface area contributed by atoms with E-state index >= 15 is 0 Å². The van der Waals surface area contributed by atoms with Crippen LogP contribution in [-0.2, 0) is 0 Å². The molecule has 3 N–H and O–H groups in total. The fourth-order valence-corrected chi connectivity index (χ4v) is 3.46. The number of hydrogen-bond donors (Lipinski definition) is 3. The second-order valence-corrected chi connectivity index (χ2v) is 6.74. The molecule has 1 atom stereocenters. The van der Waals surface area contributed by atoms with E-state index in [4.69, 9.17) is 0 Å². The predicted molar refractivity (Wildman–Crippen MR) is 94.1 cm³/mol. The van der Waals surface area contributed by atoms with Crippen molar-refractivity contribution in [2.24, 2.45) is 0 Å². The molecule has 1 aliphatic rings. The quantitative estimate of drug-likeness (QED) is 0.776. The van der Waals surface area contributed by atoms with E-state index in [2.05, 4.69) is 15.5 Å². The molecule has 24 heavy (non-hydrogen) atoms. The highest BCUT2D eigenvalue weighted by atomic mass is 32.1. The maximum atomic E-state index is 13.8. The van der Waals surface area contributed by atoms with Gasteiger partial charge >= 0.3 is 6.03 Å². The lowest BCUT2D eigenvalue weighted by Gasteiger charge is -2.19. The van der Waals surface area contributed by atoms with Gasteiger partial charge in [0.15, 0.2) is 0 Å². The van der Waals surface area contributed by atoms with Crippen LogP contribution < -0.4 is 15.5 Å². The average Bonchev–Trinajstić information content (AvgIpc) is 3.25. The normalized spacial score (nSPS) is 15.3. The summed E-state index contributed by atoms with van der Waals surface area (Å²) in [5.41, 5.74) is 1.18. The van der Waals surface area contributed by atoms with Gasteiger partial charge in [0.2, 0.25) is 0 Å². The molecular formula is C17H20FN3O2S. The van der Waals surface area contributed by atoms with Crippen molar-refractivity contribution in [1.82, 2.24) is 5.32 Å². The van der Waals surface area contributed by atoms with E-state index in [1.165, 1.54) is 23.5 Å². The molecule has 3 rings (SSSR count). The van der Waals surface area contributed by atoms with Crippen LogP contribution in [0.4, 0.5) is 20.6 Å². The van der Waals surface area contributed by atoms with Crippen LogP contribution in [0.2, 0.25) is 0 Å². The van der Waals surface area contributed by atoms with E-state index in [0.717, 1.165) is 36.5 Å². The Bertz CT molecular complexity index is 687. The first-order valence-electron chi connectivity index (χ1n) is 7.94. The number of nitrogens with zero attached hydrogens (tertiary/aromatic N) is 1. The van der Waals surface area contributed by atoms with E-state index in [0.29, 0.717) is 5.69 Å². The summed E-state index contributed by atoms with van der Waals surface area (Å²) in [5.74, 6) is -0.381. The molecule has 0 unspecified atom stereocenters. The van der Waals surface area contributed by atoms with Gasteiger partial charge < -0.3 is 20.6 Å². The third-order valence-electron chi connectivity index (χ3n) is 3.94. The molecule has 1 saturated heterocycles. The summed E-state index contributed by atoms with van der Waals surface area (Å²) in [6.45, 7) is 1.91. The van der Waals surface area contributed by atoms with Crippen molar-refractivity contribution < 1.29 is 14.3 Å². The summed E-state index contributed by atoms with van der Waals surface area (Å²) >= 11 is 1.43. The molecule has 1 aromatic heterocycles. The number of amides is 2. The molecule has 0 radical (unpaired) electrons. The number of nitrogens with one attached hydrogen (secondary N) is 2. The topological polar surface area (TPSA) is 64.6 Å². The molecular weight excluding hydrogens is 329 g/mol. The third kappa shape index (κ3) is 4.24. The van der Waals surface area contributed by atoms with Crippen LogP contribution in [0.15, 0.2) is 35.7 Å². The van der Waals surface area contributed by atoms with E-state index in [1.807, 2.05) is 17.5 Å². The number of aliphatic hydroxyl groups is 1. The van der Waals surface area contributed by atoms with Crippen LogP contribution in [0.3, 0.4) is 0 Å². The van der Waals surface area contributed by atoms with Crippen LogP contribution in [0.5, 0.6) is 0 Å². The minimum absolute atomic E-state index is 0.0979. The van der Waals surface area contributed by atoms with Crippen molar-refractivity contribution in [3.05, 3.63) is 46.4 Å². The number of benzene rings is 1. The smallest absolute Gasteiger partial charge is 0.319 e. The largest absolute Gasteiger partial charge is 0.386 e. The standard InChI is InChI=1S/C17H20FN3O2S/c18-12-8-13(10-14(9-12)21-5-1-2-6-21)20-17(23)19-11-15(22)16-4-3-7-24-16/h3-4,7-10,15,22H,1-2,5-6,11H2,(H2,19,20,23)/t15-/m1/s1. The molecule has 1 aromatic carbocycles. The zero-order valence-corrected chi connectivity index (χ0v) is 14.0. The highest BCUT2D eigenvalue weighted by molar-refractivity contribution is 7.10. The van der Waals surface area contributed by atoms with Crippen LogP contribution in [0, 0.1) is 5.82 Å². The van der Waals surface area contributed by atoms with Gasteiger partial charge in [-0.15, -0.1) is 11.3 Å². The zero-order chi connectivity index (χ0) is 16.9. The Morgan fingerprint density at radius 3 is 2.83 bits per heavy atom. The number of thiophene rings is 1. The summed E-state index contributed by atoms with van der Waals surface area (Å²) in [5, 5.41) is 17.0. The second kappa shape index (κ2) is 7.63. The first-order valence-corrected chi connectivity index (χ1v) is 8.81. The van der Waals surface area contributed by atoms with Crippen molar-refractivity contribution in [2.45, 2.75) is 18.9 Å². The number of carbonyl (C=O) groups excluding carboxylic acids is 1. The van der Waals surface area contributed by atoms with Crippen LogP contribution >= 0.6 is 11.3 Å². The molecule has 128 valence electrons. The Morgan fingerprint density at radius 2 is 2.12 bits per heavy atom. The van der Waals surface area contributed by atoms with Gasteiger partial charge in [-0.05, 0) is 42.5 Å². The molecule has 2 heterocycles. The number of anilines is 2. The van der Waals surface area contributed by atoms with Crippen molar-refractivity contribution in [3.8, 4) is 0 Å². The van der Waals surface area contributed by atoms with Crippen LogP contribution in [-0.4, -0.2) is 30.8 Å². The van der Waals surface area contributed by atoms with Crippen molar-refractivity contribution in [2.75, 3.05) is 29.9 Å². The van der Waals surface area contributed by atoms with E-state index in [9.17, 15) is 14.3 Å². The minimum Gasteiger partial charge on any atom is -0.386 e. The molecule has 5 nitrogen and oxygen atoms in total. The molecule has 0 spiro atoms. The van der Waals surface area contributed by atoms with Gasteiger partial charge in [-0.25, -0.2) is 9.18 Å². The summed E-state index contributed by atoms with van der Waals surface area (Å²) in [6.07, 6.45) is 1.45. The average molecular weight is 349 g/mol. The first-order chi connectivity index (χ1) is 11.6. The first kappa shape index (κ1) is 16.7. The maximum absolute atomic E-state index is 13.8. The Balaban J connectivity index is 1.57. The zero-order valence-electron chi connectivity index (χ0n) is 13.2. The lowest BCUT2D eigenvalue weighted by atomic mass is 10.2. The van der Waals surface area contributed by atoms with Gasteiger partial charge in [-0.1, -0.05) is 6.07 Å². The Morgan fingerprint density at radius 1 is 1.33 bits per heavy atom. The Hall–Kier alpha value is -2.12. The molecule has 0 aliphatic carbocycles. The van der Waals surface area contributed by atoms with Crippen molar-refractivity contribution in [1.29, 1.82) is 0 Å². The number of rotatable bonds is 5. The molecule has 0 bridgehead atoms. The Kier molecular flexibility index (Phi) is 5.32. The minimum atomic E-state index is -0.747. The lowest BCUT2D eigenvalue weighted by molar-refractivity contribution is 0.178. The van der Waals surface area contributed by atoms with Gasteiger partial charge in [0.1, 0.15) is 11.9 Å². The van der Waals surface area contributed by atoms with Gasteiger partial charge in [-0.2, -0.15) is 0 Å². The van der Waals surface area contributed by atoms with Crippen LogP contribution in [0.25, 0.3) is 0 Å².